The predicted octanol–water partition coefficient (Wildman–Crippen LogP) is 2.52. The number of nitrogens with one attached hydrogen (secondary N) is 1. The Morgan fingerprint density at radius 1 is 1.36 bits per heavy atom. The third-order valence-corrected chi connectivity index (χ3v) is 2.88. The predicted molar refractivity (Wildman–Crippen MR) is 55.4 cm³/mol. The van der Waals surface area contributed by atoms with Crippen molar-refractivity contribution in [2.24, 2.45) is 0 Å². The maximum absolute atomic E-state index is 3.44. The average Bonchev–Trinajstić information content (AvgIpc) is 2.04. The van der Waals surface area contributed by atoms with E-state index in [4.69, 9.17) is 0 Å². The first-order valence-electron chi connectivity index (χ1n) is 4.54. The first-order valence-corrected chi connectivity index (χ1v) is 5.83. The van der Waals surface area contributed by atoms with Crippen molar-refractivity contribution in [2.45, 2.75) is 38.4 Å². The molecule has 2 heteroatoms. The fraction of sp³-hybridized carbons (Fsp3) is 1.00. The van der Waals surface area contributed by atoms with Crippen LogP contribution in [0.4, 0.5) is 0 Å². The van der Waals surface area contributed by atoms with Gasteiger partial charge in [0.15, 0.2) is 0 Å². The second kappa shape index (κ2) is 8.41. The molecule has 0 fully saturated rings. The molecule has 0 aromatic heterocycles. The summed E-state index contributed by atoms with van der Waals surface area (Å²) in [4.78, 5) is 0. The van der Waals surface area contributed by atoms with Gasteiger partial charge in [0.05, 0.1) is 0 Å². The highest BCUT2D eigenvalue weighted by Gasteiger charge is 1.96. The molecule has 68 valence electrons. The van der Waals surface area contributed by atoms with Crippen molar-refractivity contribution in [1.82, 2.24) is 5.32 Å². The average molecular weight is 175 g/mol. The Morgan fingerprint density at radius 2 is 2.09 bits per heavy atom. The summed E-state index contributed by atoms with van der Waals surface area (Å²) in [6, 6.07) is 0. The number of hydrogen-bond acceptors (Lipinski definition) is 2. The van der Waals surface area contributed by atoms with Gasteiger partial charge in [-0.1, -0.05) is 20.3 Å². The van der Waals surface area contributed by atoms with E-state index < -0.39 is 0 Å². The molecule has 0 rings (SSSR count). The van der Waals surface area contributed by atoms with E-state index in [1.807, 2.05) is 11.8 Å². The molecule has 0 radical (unpaired) electrons. The third kappa shape index (κ3) is 8.21. The topological polar surface area (TPSA) is 12.0 Å². The zero-order valence-corrected chi connectivity index (χ0v) is 8.84. The zero-order chi connectivity index (χ0) is 8.53. The Morgan fingerprint density at radius 3 is 2.64 bits per heavy atom. The molecule has 0 bridgehead atoms. The summed E-state index contributed by atoms with van der Waals surface area (Å²) >= 11 is 1.95. The van der Waals surface area contributed by atoms with Gasteiger partial charge in [0.25, 0.3) is 0 Å². The molecule has 0 aromatic rings. The summed E-state index contributed by atoms with van der Waals surface area (Å²) in [6.07, 6.45) is 6.08. The molecule has 1 unspecified atom stereocenters. The minimum Gasteiger partial charge on any atom is -0.317 e. The van der Waals surface area contributed by atoms with Crippen LogP contribution in [0, 0.1) is 0 Å². The van der Waals surface area contributed by atoms with Crippen molar-refractivity contribution in [3.8, 4) is 0 Å². The normalized spacial score (nSPS) is 13.4. The van der Waals surface area contributed by atoms with Gasteiger partial charge in [0.2, 0.25) is 0 Å². The fourth-order valence-electron chi connectivity index (χ4n) is 0.850. The van der Waals surface area contributed by atoms with Gasteiger partial charge >= 0.3 is 0 Å². The molecule has 1 N–H and O–H groups in total. The highest BCUT2D eigenvalue weighted by molar-refractivity contribution is 7.99. The Kier molecular flexibility index (Phi) is 8.64. The summed E-state index contributed by atoms with van der Waals surface area (Å²) in [6.45, 7) is 6.89. The van der Waals surface area contributed by atoms with E-state index in [1.165, 1.54) is 32.4 Å². The third-order valence-electron chi connectivity index (χ3n) is 1.84. The van der Waals surface area contributed by atoms with E-state index in [1.54, 1.807) is 0 Å². The van der Waals surface area contributed by atoms with Crippen LogP contribution in [0.1, 0.15) is 33.1 Å². The number of hydrogen-bond donors (Lipinski definition) is 1. The molecular weight excluding hydrogens is 154 g/mol. The van der Waals surface area contributed by atoms with Crippen LogP contribution in [0.2, 0.25) is 0 Å². The molecular formula is C9H21NS. The van der Waals surface area contributed by atoms with Crippen molar-refractivity contribution in [3.05, 3.63) is 0 Å². The molecule has 0 aromatic carbocycles. The van der Waals surface area contributed by atoms with Crippen LogP contribution in [0.25, 0.3) is 0 Å². The van der Waals surface area contributed by atoms with Crippen LogP contribution in [0.3, 0.4) is 0 Å². The molecule has 0 aliphatic carbocycles. The number of rotatable bonds is 7. The Hall–Kier alpha value is 0.310. The lowest BCUT2D eigenvalue weighted by molar-refractivity contribution is 0.616. The highest BCUT2D eigenvalue weighted by atomic mass is 32.2. The Bertz CT molecular complexity index is 76.0. The molecule has 0 aliphatic heterocycles. The lowest BCUT2D eigenvalue weighted by Crippen LogP contribution is -2.19. The van der Waals surface area contributed by atoms with Crippen molar-refractivity contribution < 1.29 is 0 Å². The van der Waals surface area contributed by atoms with Crippen LogP contribution in [0.15, 0.2) is 0 Å². The Labute approximate surface area is 75.3 Å². The van der Waals surface area contributed by atoms with Crippen molar-refractivity contribution >= 4 is 11.8 Å². The van der Waals surface area contributed by atoms with Crippen LogP contribution in [-0.2, 0) is 0 Å². The van der Waals surface area contributed by atoms with Crippen LogP contribution in [0.5, 0.6) is 0 Å². The monoisotopic (exact) mass is 175 g/mol. The minimum absolute atomic E-state index is 0.809. The molecule has 0 saturated carbocycles. The van der Waals surface area contributed by atoms with Crippen molar-refractivity contribution in [3.63, 3.8) is 0 Å². The smallest absolute Gasteiger partial charge is 0.00280 e. The molecule has 0 saturated heterocycles. The maximum atomic E-state index is 3.44. The largest absolute Gasteiger partial charge is 0.317 e. The highest BCUT2D eigenvalue weighted by Crippen LogP contribution is 2.07. The second-order valence-corrected chi connectivity index (χ2v) is 4.21. The second-order valence-electron chi connectivity index (χ2n) is 2.94. The summed E-state index contributed by atoms with van der Waals surface area (Å²) in [7, 11) is 0. The lowest BCUT2D eigenvalue weighted by atomic mass is 10.3. The summed E-state index contributed by atoms with van der Waals surface area (Å²) in [5, 5.41) is 4.25. The molecule has 1 nitrogen and oxygen atoms in total. The summed E-state index contributed by atoms with van der Waals surface area (Å²) < 4.78 is 0. The minimum atomic E-state index is 0.809. The van der Waals surface area contributed by atoms with Gasteiger partial charge in [0, 0.05) is 5.25 Å². The van der Waals surface area contributed by atoms with Crippen molar-refractivity contribution in [1.29, 1.82) is 0 Å². The molecule has 0 heterocycles. The number of thioether (sulfide) groups is 1. The van der Waals surface area contributed by atoms with Gasteiger partial charge in [-0.3, -0.25) is 0 Å². The molecule has 11 heavy (non-hydrogen) atoms. The Balaban J connectivity index is 2.89. The van der Waals surface area contributed by atoms with E-state index in [2.05, 4.69) is 25.4 Å². The SMILES string of the molecule is CCCCNCCC(C)SC. The molecule has 0 amide bonds. The first-order chi connectivity index (χ1) is 5.31. The van der Waals surface area contributed by atoms with Crippen LogP contribution < -0.4 is 5.32 Å². The van der Waals surface area contributed by atoms with Gasteiger partial charge in [-0.05, 0) is 32.2 Å². The fourth-order valence-corrected chi connectivity index (χ4v) is 1.20. The maximum Gasteiger partial charge on any atom is 0.00280 e. The van der Waals surface area contributed by atoms with Gasteiger partial charge in [-0.2, -0.15) is 11.8 Å². The first kappa shape index (κ1) is 11.3. The molecule has 1 atom stereocenters. The van der Waals surface area contributed by atoms with Crippen molar-refractivity contribution in [2.75, 3.05) is 19.3 Å². The summed E-state index contributed by atoms with van der Waals surface area (Å²) in [5.41, 5.74) is 0. The standard InChI is InChI=1S/C9H21NS/c1-4-5-7-10-8-6-9(2)11-3/h9-10H,4-8H2,1-3H3. The van der Waals surface area contributed by atoms with E-state index in [9.17, 15) is 0 Å². The molecule has 0 aliphatic rings. The van der Waals surface area contributed by atoms with Gasteiger partial charge in [0.1, 0.15) is 0 Å². The molecule has 0 spiro atoms. The van der Waals surface area contributed by atoms with E-state index in [0.717, 1.165) is 5.25 Å². The number of unbranched alkanes of at least 4 members (excludes halogenated alkanes) is 1. The lowest BCUT2D eigenvalue weighted by Gasteiger charge is -2.08. The van der Waals surface area contributed by atoms with E-state index in [-0.39, 0.29) is 0 Å². The quantitative estimate of drug-likeness (QED) is 0.597. The van der Waals surface area contributed by atoms with Crippen LogP contribution in [-0.4, -0.2) is 24.6 Å². The van der Waals surface area contributed by atoms with Gasteiger partial charge in [-0.15, -0.1) is 0 Å². The van der Waals surface area contributed by atoms with Gasteiger partial charge < -0.3 is 5.32 Å². The zero-order valence-electron chi connectivity index (χ0n) is 8.02. The van der Waals surface area contributed by atoms with Crippen LogP contribution >= 0.6 is 11.8 Å². The van der Waals surface area contributed by atoms with E-state index in [0.29, 0.717) is 0 Å². The van der Waals surface area contributed by atoms with E-state index >= 15 is 0 Å². The summed E-state index contributed by atoms with van der Waals surface area (Å²) in [5.74, 6) is 0. The van der Waals surface area contributed by atoms with Gasteiger partial charge in [-0.25, -0.2) is 0 Å².